The second kappa shape index (κ2) is 3.97. The molecule has 0 amide bonds. The van der Waals surface area contributed by atoms with Gasteiger partial charge < -0.3 is 14.7 Å². The molecule has 0 spiro atoms. The maximum absolute atomic E-state index is 10.7. The van der Waals surface area contributed by atoms with Crippen LogP contribution in [0.3, 0.4) is 0 Å². The van der Waals surface area contributed by atoms with Gasteiger partial charge in [-0.3, -0.25) is 0 Å². The van der Waals surface area contributed by atoms with Crippen molar-refractivity contribution >= 4 is 0 Å². The summed E-state index contributed by atoms with van der Waals surface area (Å²) >= 11 is 0. The maximum Gasteiger partial charge on any atom is 0.163 e. The minimum atomic E-state index is -1.23. The van der Waals surface area contributed by atoms with Gasteiger partial charge in [-0.05, 0) is 19.8 Å². The van der Waals surface area contributed by atoms with Gasteiger partial charge in [-0.2, -0.15) is 10.0 Å². The number of hydrogen-bond donors (Lipinski definition) is 2. The van der Waals surface area contributed by atoms with Crippen LogP contribution in [0.5, 0.6) is 0 Å². The van der Waals surface area contributed by atoms with Crippen LogP contribution in [-0.2, 0) is 14.3 Å². The second-order valence-corrected chi connectivity index (χ2v) is 4.32. The van der Waals surface area contributed by atoms with E-state index in [2.05, 4.69) is 0 Å². The van der Waals surface area contributed by atoms with Crippen molar-refractivity contribution in [1.82, 2.24) is 0 Å². The van der Waals surface area contributed by atoms with Crippen LogP contribution in [-0.4, -0.2) is 36.2 Å². The van der Waals surface area contributed by atoms with Crippen molar-refractivity contribution in [3.63, 3.8) is 0 Å². The highest BCUT2D eigenvalue weighted by Crippen LogP contribution is 2.45. The van der Waals surface area contributed by atoms with E-state index in [1.165, 1.54) is 0 Å². The van der Waals surface area contributed by atoms with Crippen LogP contribution < -0.4 is 5.39 Å². The van der Waals surface area contributed by atoms with Gasteiger partial charge in [-0.25, -0.2) is 0 Å². The Morgan fingerprint density at radius 1 is 1.60 bits per heavy atom. The van der Waals surface area contributed by atoms with Crippen molar-refractivity contribution in [2.24, 2.45) is 0 Å². The molecule has 2 rings (SSSR count). The summed E-state index contributed by atoms with van der Waals surface area (Å²) in [5, 5.41) is 18.2. The van der Waals surface area contributed by atoms with Crippen LogP contribution in [0.4, 0.5) is 0 Å². The Labute approximate surface area is 88.2 Å². The average Bonchev–Trinajstić information content (AvgIpc) is 2.57. The van der Waals surface area contributed by atoms with E-state index >= 15 is 0 Å². The van der Waals surface area contributed by atoms with E-state index in [0.717, 1.165) is 6.42 Å². The minimum absolute atomic E-state index is 0.0345. The fraction of sp³-hybridized carbons (Fsp3) is 1.00. The van der Waals surface area contributed by atoms with Crippen molar-refractivity contribution in [2.75, 3.05) is 7.11 Å². The first-order valence-electron chi connectivity index (χ1n) is 5.17. The maximum atomic E-state index is 10.7. The number of rotatable bonds is 3. The predicted molar refractivity (Wildman–Crippen MR) is 48.9 cm³/mol. The van der Waals surface area contributed by atoms with E-state index in [1.54, 1.807) is 7.11 Å². The van der Waals surface area contributed by atoms with Gasteiger partial charge in [0.2, 0.25) is 0 Å². The molecule has 0 aromatic carbocycles. The van der Waals surface area contributed by atoms with Crippen LogP contribution in [0.25, 0.3) is 0 Å². The van der Waals surface area contributed by atoms with Crippen LogP contribution in [0.1, 0.15) is 26.2 Å². The molecule has 5 atom stereocenters. The normalized spacial score (nSPS) is 46.8. The van der Waals surface area contributed by atoms with Gasteiger partial charge >= 0.3 is 0 Å². The summed E-state index contributed by atoms with van der Waals surface area (Å²) in [6, 6.07) is 0. The van der Waals surface area contributed by atoms with Gasteiger partial charge in [0, 0.05) is 13.5 Å². The van der Waals surface area contributed by atoms with E-state index < -0.39 is 11.0 Å². The quantitative estimate of drug-likeness (QED) is 0.621. The van der Waals surface area contributed by atoms with Crippen LogP contribution >= 0.6 is 0 Å². The highest BCUT2D eigenvalue weighted by Gasteiger charge is 2.59. The summed E-state index contributed by atoms with van der Waals surface area (Å²) in [5.74, 6) is 0. The molecule has 0 aromatic rings. The zero-order chi connectivity index (χ0) is 11.1. The second-order valence-electron chi connectivity index (χ2n) is 4.32. The summed E-state index contributed by atoms with van der Waals surface area (Å²) in [4.78, 5) is 5.04. The Morgan fingerprint density at radius 2 is 2.33 bits per heavy atom. The van der Waals surface area contributed by atoms with Crippen LogP contribution in [0.15, 0.2) is 0 Å². The number of fused-ring (bicyclic) bond motifs is 1. The lowest BCUT2D eigenvalue weighted by Crippen LogP contribution is -3.05. The number of hydrogen-bond acceptors (Lipinski definition) is 5. The fourth-order valence-corrected chi connectivity index (χ4v) is 2.80. The lowest BCUT2D eigenvalue weighted by molar-refractivity contribution is -1.21. The van der Waals surface area contributed by atoms with Crippen molar-refractivity contribution in [3.05, 3.63) is 5.21 Å². The Bertz CT molecular complexity index is 237. The summed E-state index contributed by atoms with van der Waals surface area (Å²) in [5.41, 5.74) is -0.675. The van der Waals surface area contributed by atoms with E-state index in [9.17, 15) is 5.21 Å². The Hall–Kier alpha value is -0.240. The molecule has 1 heterocycles. The van der Waals surface area contributed by atoms with Gasteiger partial charge in [0.15, 0.2) is 5.60 Å². The van der Waals surface area contributed by atoms with Crippen LogP contribution in [0.2, 0.25) is 0 Å². The summed E-state index contributed by atoms with van der Waals surface area (Å²) in [6.07, 6.45) is 1.85. The molecule has 88 valence electrons. The third-order valence-electron chi connectivity index (χ3n) is 3.31. The van der Waals surface area contributed by atoms with E-state index in [4.69, 9.17) is 19.5 Å². The molecule has 1 saturated carbocycles. The largest absolute Gasteiger partial charge is 0.566 e. The van der Waals surface area contributed by atoms with Gasteiger partial charge in [0.05, 0.1) is 12.2 Å². The number of nitrogens with one attached hydrogen (secondary N) is 1. The van der Waals surface area contributed by atoms with Crippen molar-refractivity contribution in [3.8, 4) is 0 Å². The van der Waals surface area contributed by atoms with Crippen molar-refractivity contribution < 1.29 is 24.9 Å². The van der Waals surface area contributed by atoms with Gasteiger partial charge in [-0.1, -0.05) is 5.39 Å². The summed E-state index contributed by atoms with van der Waals surface area (Å²) < 4.78 is 11.0. The molecule has 1 aliphatic heterocycles. The molecule has 1 unspecified atom stereocenters. The minimum Gasteiger partial charge on any atom is -0.566 e. The van der Waals surface area contributed by atoms with Crippen LogP contribution in [0, 0.1) is 5.21 Å². The van der Waals surface area contributed by atoms with E-state index in [0.29, 0.717) is 12.8 Å². The number of methoxy groups -OCH3 is 1. The molecule has 15 heavy (non-hydrogen) atoms. The molecule has 2 fully saturated rings. The number of ether oxygens (including phenoxy) is 2. The molecular formula is C9H17NO5. The molecule has 0 bridgehead atoms. The lowest BCUT2D eigenvalue weighted by atomic mass is 9.96. The topological polar surface area (TPSA) is 75.4 Å². The molecular weight excluding hydrogens is 202 g/mol. The molecule has 2 aliphatic rings. The van der Waals surface area contributed by atoms with E-state index in [1.807, 2.05) is 6.92 Å². The average molecular weight is 219 g/mol. The summed E-state index contributed by atoms with van der Waals surface area (Å²) in [6.45, 7) is 1.93. The molecule has 0 radical (unpaired) electrons. The standard InChI is InChI=1S/C9H17NO5/c1-6-5-9(15-10(11)12)4-3-7(13-2)8(9)14-6/h6-8,10-11H,3-5H2,1-2H3/t6-,7-,8+,9-/m0/s1. The fourth-order valence-electron chi connectivity index (χ4n) is 2.80. The first-order chi connectivity index (χ1) is 7.07. The Kier molecular flexibility index (Phi) is 2.98. The molecule has 0 aromatic heterocycles. The molecule has 6 nitrogen and oxygen atoms in total. The molecule has 6 heteroatoms. The lowest BCUT2D eigenvalue weighted by Gasteiger charge is -2.28. The van der Waals surface area contributed by atoms with E-state index in [-0.39, 0.29) is 18.3 Å². The Balaban J connectivity index is 2.14. The van der Waals surface area contributed by atoms with Gasteiger partial charge in [-0.15, -0.1) is 0 Å². The predicted octanol–water partition coefficient (Wildman–Crippen LogP) is -0.585. The van der Waals surface area contributed by atoms with Crippen molar-refractivity contribution in [1.29, 1.82) is 0 Å². The smallest absolute Gasteiger partial charge is 0.163 e. The molecule has 1 saturated heterocycles. The zero-order valence-corrected chi connectivity index (χ0v) is 8.93. The SMILES string of the molecule is CO[C@H]1CC[C@]2(O[NH+]([O-])O)C[C@H](C)O[C@H]12. The highest BCUT2D eigenvalue weighted by molar-refractivity contribution is 5.05. The molecule has 2 N–H and O–H groups in total. The van der Waals surface area contributed by atoms with Gasteiger partial charge in [0.1, 0.15) is 6.10 Å². The third-order valence-corrected chi connectivity index (χ3v) is 3.31. The first kappa shape index (κ1) is 11.3. The molecule has 1 aliphatic carbocycles. The monoisotopic (exact) mass is 219 g/mol. The van der Waals surface area contributed by atoms with Crippen molar-refractivity contribution in [2.45, 2.75) is 50.1 Å². The third kappa shape index (κ3) is 1.89. The number of quaternary nitrogens is 1. The zero-order valence-electron chi connectivity index (χ0n) is 8.93. The summed E-state index contributed by atoms with van der Waals surface area (Å²) in [7, 11) is 1.62. The first-order valence-corrected chi connectivity index (χ1v) is 5.17. The highest BCUT2D eigenvalue weighted by atomic mass is 17.1. The Morgan fingerprint density at radius 3 is 2.93 bits per heavy atom. The van der Waals surface area contributed by atoms with Gasteiger partial charge in [0.25, 0.3) is 0 Å².